The molecular weight excluding hydrogens is 290 g/mol. The molecule has 0 bridgehead atoms. The Morgan fingerprint density at radius 3 is 3.19 bits per heavy atom. The molecule has 112 valence electrons. The van der Waals surface area contributed by atoms with E-state index in [1.54, 1.807) is 0 Å². The third-order valence-corrected chi connectivity index (χ3v) is 4.78. The summed E-state index contributed by atoms with van der Waals surface area (Å²) in [7, 11) is 0. The molecule has 3 heterocycles. The second-order valence-corrected chi connectivity index (χ2v) is 6.09. The van der Waals surface area contributed by atoms with Crippen molar-refractivity contribution in [3.63, 3.8) is 0 Å². The van der Waals surface area contributed by atoms with Crippen LogP contribution in [0.4, 0.5) is 0 Å². The van der Waals surface area contributed by atoms with Crippen LogP contribution in [0.2, 0.25) is 0 Å². The molecular formula is C14H17N3O3S. The van der Waals surface area contributed by atoms with Gasteiger partial charge in [-0.15, -0.1) is 16.4 Å². The van der Waals surface area contributed by atoms with Crippen LogP contribution in [0.25, 0.3) is 0 Å². The molecule has 21 heavy (non-hydrogen) atoms. The number of nitrogens with one attached hydrogen (secondary N) is 1. The Morgan fingerprint density at radius 2 is 2.48 bits per heavy atom. The summed E-state index contributed by atoms with van der Waals surface area (Å²) in [4.78, 5) is 26.4. The van der Waals surface area contributed by atoms with Crippen molar-refractivity contribution in [2.75, 3.05) is 13.1 Å². The van der Waals surface area contributed by atoms with Gasteiger partial charge in [0.1, 0.15) is 0 Å². The molecule has 0 aliphatic carbocycles. The van der Waals surface area contributed by atoms with Crippen molar-refractivity contribution in [1.29, 1.82) is 0 Å². The number of H-pyrrole nitrogens is 1. The molecule has 0 radical (unpaired) electrons. The van der Waals surface area contributed by atoms with Crippen LogP contribution < -0.4 is 5.76 Å². The number of rotatable bonds is 3. The molecule has 0 spiro atoms. The second-order valence-electron chi connectivity index (χ2n) is 5.17. The number of nitrogens with zero attached hydrogens (tertiary/aromatic N) is 2. The van der Waals surface area contributed by atoms with Gasteiger partial charge in [-0.25, -0.2) is 9.89 Å². The molecule has 3 rings (SSSR count). The number of piperidine rings is 1. The smallest absolute Gasteiger partial charge is 0.392 e. The molecule has 1 atom stereocenters. The lowest BCUT2D eigenvalue weighted by Gasteiger charge is -2.31. The van der Waals surface area contributed by atoms with E-state index < -0.39 is 5.76 Å². The normalized spacial score (nSPS) is 18.9. The highest BCUT2D eigenvalue weighted by atomic mass is 32.1. The third kappa shape index (κ3) is 2.78. The van der Waals surface area contributed by atoms with Crippen molar-refractivity contribution < 1.29 is 9.21 Å². The topological polar surface area (TPSA) is 79.2 Å². The lowest BCUT2D eigenvalue weighted by atomic mass is 9.97. The van der Waals surface area contributed by atoms with Crippen LogP contribution in [0.3, 0.4) is 0 Å². The average molecular weight is 307 g/mol. The van der Waals surface area contributed by atoms with Crippen LogP contribution in [0.5, 0.6) is 0 Å². The fourth-order valence-electron chi connectivity index (χ4n) is 2.72. The zero-order valence-corrected chi connectivity index (χ0v) is 12.6. The third-order valence-electron chi connectivity index (χ3n) is 3.83. The number of amides is 1. The van der Waals surface area contributed by atoms with E-state index in [2.05, 4.69) is 17.1 Å². The van der Waals surface area contributed by atoms with Crippen LogP contribution >= 0.6 is 11.3 Å². The Labute approximate surface area is 125 Å². The maximum Gasteiger partial charge on any atom is 0.434 e. The van der Waals surface area contributed by atoms with Gasteiger partial charge in [-0.05, 0) is 36.3 Å². The number of aromatic nitrogens is 2. The predicted molar refractivity (Wildman–Crippen MR) is 78.7 cm³/mol. The fraction of sp³-hybridized carbons (Fsp3) is 0.500. The number of carbonyl (C=O) groups is 1. The molecule has 0 aromatic carbocycles. The van der Waals surface area contributed by atoms with Gasteiger partial charge in [0.15, 0.2) is 0 Å². The maximum atomic E-state index is 12.6. The largest absolute Gasteiger partial charge is 0.434 e. The summed E-state index contributed by atoms with van der Waals surface area (Å²) in [6, 6.07) is 2.01. The first-order chi connectivity index (χ1) is 10.2. The summed E-state index contributed by atoms with van der Waals surface area (Å²) in [6.07, 6.45) is 2.62. The predicted octanol–water partition coefficient (Wildman–Crippen LogP) is 2.01. The van der Waals surface area contributed by atoms with Crippen molar-refractivity contribution >= 4 is 17.2 Å². The monoisotopic (exact) mass is 307 g/mol. The summed E-state index contributed by atoms with van der Waals surface area (Å²) in [5.74, 6) is -0.0736. The molecule has 2 aromatic heterocycles. The molecule has 7 heteroatoms. The van der Waals surface area contributed by atoms with Gasteiger partial charge in [0.2, 0.25) is 5.89 Å². The van der Waals surface area contributed by atoms with Crippen molar-refractivity contribution in [2.45, 2.75) is 32.1 Å². The van der Waals surface area contributed by atoms with Gasteiger partial charge in [0.25, 0.3) is 5.91 Å². The van der Waals surface area contributed by atoms with Gasteiger partial charge in [-0.1, -0.05) is 6.92 Å². The van der Waals surface area contributed by atoms with Gasteiger partial charge in [0, 0.05) is 13.1 Å². The maximum absolute atomic E-state index is 12.6. The van der Waals surface area contributed by atoms with Gasteiger partial charge >= 0.3 is 5.76 Å². The number of aryl methyl sites for hydroxylation is 1. The van der Waals surface area contributed by atoms with Crippen LogP contribution in [-0.4, -0.2) is 34.1 Å². The minimum absolute atomic E-state index is 0.00770. The molecule has 1 saturated heterocycles. The Balaban J connectivity index is 1.77. The Kier molecular flexibility index (Phi) is 3.92. The van der Waals surface area contributed by atoms with E-state index in [-0.39, 0.29) is 11.8 Å². The fourth-order valence-corrected chi connectivity index (χ4v) is 3.69. The number of aromatic amines is 1. The first-order valence-corrected chi connectivity index (χ1v) is 7.98. The SMILES string of the molecule is CCc1ccsc1C(=O)N1CCCC(c2n[nH]c(=O)o2)C1. The molecule has 1 aliphatic heterocycles. The molecule has 1 N–H and O–H groups in total. The minimum atomic E-state index is -0.542. The molecule has 1 aliphatic rings. The number of thiophene rings is 1. The van der Waals surface area contributed by atoms with E-state index in [4.69, 9.17) is 4.42 Å². The second kappa shape index (κ2) is 5.85. The van der Waals surface area contributed by atoms with Gasteiger partial charge in [-0.2, -0.15) is 0 Å². The van der Waals surface area contributed by atoms with Crippen LogP contribution in [0, 0.1) is 0 Å². The first kappa shape index (κ1) is 14.1. The van der Waals surface area contributed by atoms with E-state index in [0.717, 1.165) is 36.2 Å². The Bertz CT molecular complexity index is 687. The van der Waals surface area contributed by atoms with Gasteiger partial charge < -0.3 is 9.32 Å². The average Bonchev–Trinajstić information content (AvgIpc) is 3.15. The first-order valence-electron chi connectivity index (χ1n) is 7.10. The molecule has 6 nitrogen and oxygen atoms in total. The minimum Gasteiger partial charge on any atom is -0.392 e. The molecule has 1 fully saturated rings. The zero-order chi connectivity index (χ0) is 14.8. The zero-order valence-electron chi connectivity index (χ0n) is 11.8. The van der Waals surface area contributed by atoms with E-state index in [1.165, 1.54) is 11.3 Å². The molecule has 1 amide bonds. The molecule has 0 saturated carbocycles. The van der Waals surface area contributed by atoms with Crippen LogP contribution in [0.1, 0.15) is 46.8 Å². The summed E-state index contributed by atoms with van der Waals surface area (Å²) in [6.45, 7) is 3.34. The van der Waals surface area contributed by atoms with E-state index >= 15 is 0 Å². The number of hydrogen-bond donors (Lipinski definition) is 1. The van der Waals surface area contributed by atoms with Crippen molar-refractivity contribution in [2.24, 2.45) is 0 Å². The van der Waals surface area contributed by atoms with Gasteiger partial charge in [0.05, 0.1) is 10.8 Å². The number of hydrogen-bond acceptors (Lipinski definition) is 5. The lowest BCUT2D eigenvalue weighted by molar-refractivity contribution is 0.0701. The Hall–Kier alpha value is -1.89. The summed E-state index contributed by atoms with van der Waals surface area (Å²) < 4.78 is 5.03. The summed E-state index contributed by atoms with van der Waals surface area (Å²) >= 11 is 1.49. The quantitative estimate of drug-likeness (QED) is 0.940. The Morgan fingerprint density at radius 1 is 1.62 bits per heavy atom. The summed E-state index contributed by atoms with van der Waals surface area (Å²) in [5, 5.41) is 8.13. The number of carbonyl (C=O) groups excluding carboxylic acids is 1. The number of likely N-dealkylation sites (tertiary alicyclic amines) is 1. The van der Waals surface area contributed by atoms with Crippen molar-refractivity contribution in [3.8, 4) is 0 Å². The lowest BCUT2D eigenvalue weighted by Crippen LogP contribution is -2.39. The summed E-state index contributed by atoms with van der Waals surface area (Å²) in [5.41, 5.74) is 1.10. The standard InChI is InChI=1S/C14H17N3O3S/c1-2-9-5-7-21-11(9)13(18)17-6-3-4-10(8-17)12-15-16-14(19)20-12/h5,7,10H,2-4,6,8H2,1H3,(H,16,19). The van der Waals surface area contributed by atoms with Gasteiger partial charge in [-0.3, -0.25) is 4.79 Å². The van der Waals surface area contributed by atoms with Crippen LogP contribution in [-0.2, 0) is 6.42 Å². The van der Waals surface area contributed by atoms with Crippen molar-refractivity contribution in [1.82, 2.24) is 15.1 Å². The highest BCUT2D eigenvalue weighted by Gasteiger charge is 2.29. The van der Waals surface area contributed by atoms with E-state index in [1.807, 2.05) is 16.3 Å². The highest BCUT2D eigenvalue weighted by molar-refractivity contribution is 7.12. The van der Waals surface area contributed by atoms with E-state index in [0.29, 0.717) is 12.4 Å². The van der Waals surface area contributed by atoms with Crippen LogP contribution in [0.15, 0.2) is 20.7 Å². The molecule has 2 aromatic rings. The van der Waals surface area contributed by atoms with E-state index in [9.17, 15) is 9.59 Å². The highest BCUT2D eigenvalue weighted by Crippen LogP contribution is 2.27. The molecule has 1 unspecified atom stereocenters. The van der Waals surface area contributed by atoms with Crippen molar-refractivity contribution in [3.05, 3.63) is 38.3 Å².